The molecule has 19 heavy (non-hydrogen) atoms. The van der Waals surface area contributed by atoms with Crippen molar-refractivity contribution in [1.29, 1.82) is 0 Å². The Bertz CT molecular complexity index is 616. The molecule has 5 heteroatoms. The molecule has 0 radical (unpaired) electrons. The largest absolute Gasteiger partial charge is 0.478 e. The van der Waals surface area contributed by atoms with Crippen LogP contribution in [-0.2, 0) is 6.54 Å². The molecule has 0 unspecified atom stereocenters. The highest BCUT2D eigenvalue weighted by Crippen LogP contribution is 2.42. The molecule has 2 aromatic heterocycles. The van der Waals surface area contributed by atoms with Crippen molar-refractivity contribution < 1.29 is 14.4 Å². The number of hydrogen-bond donors (Lipinski definition) is 1. The lowest BCUT2D eigenvalue weighted by atomic mass is 10.1. The van der Waals surface area contributed by atoms with Crippen LogP contribution in [0.1, 0.15) is 51.8 Å². The fourth-order valence-corrected chi connectivity index (χ4v) is 2.51. The van der Waals surface area contributed by atoms with Crippen molar-refractivity contribution in [2.45, 2.75) is 39.2 Å². The highest BCUT2D eigenvalue weighted by Gasteiger charge is 2.31. The van der Waals surface area contributed by atoms with E-state index in [0.717, 1.165) is 35.6 Å². The third-order valence-corrected chi connectivity index (χ3v) is 3.71. The molecule has 2 aromatic rings. The number of carbonyl (C=O) groups is 1. The third kappa shape index (κ3) is 2.05. The molecule has 0 spiro atoms. The van der Waals surface area contributed by atoms with E-state index in [1.807, 2.05) is 24.6 Å². The van der Waals surface area contributed by atoms with Crippen LogP contribution in [0.2, 0.25) is 0 Å². The summed E-state index contributed by atoms with van der Waals surface area (Å²) < 4.78 is 7.18. The second kappa shape index (κ2) is 4.26. The van der Waals surface area contributed by atoms with E-state index in [-0.39, 0.29) is 0 Å². The number of hydrogen-bond acceptors (Lipinski definition) is 3. The third-order valence-electron chi connectivity index (χ3n) is 3.71. The fourth-order valence-electron chi connectivity index (χ4n) is 2.51. The Hall–Kier alpha value is -2.04. The molecule has 1 fully saturated rings. The van der Waals surface area contributed by atoms with Crippen molar-refractivity contribution in [2.24, 2.45) is 0 Å². The van der Waals surface area contributed by atoms with Crippen LogP contribution in [0.4, 0.5) is 0 Å². The molecule has 0 bridgehead atoms. The Labute approximate surface area is 110 Å². The summed E-state index contributed by atoms with van der Waals surface area (Å²) in [6.07, 6.45) is 4.00. The van der Waals surface area contributed by atoms with Gasteiger partial charge in [-0.2, -0.15) is 0 Å². The molecule has 3 rings (SSSR count). The zero-order valence-corrected chi connectivity index (χ0v) is 11.0. The van der Waals surface area contributed by atoms with Gasteiger partial charge in [0.2, 0.25) is 0 Å². The number of carboxylic acids is 1. The first-order valence-corrected chi connectivity index (χ1v) is 6.42. The first-order valence-electron chi connectivity index (χ1n) is 6.42. The van der Waals surface area contributed by atoms with Gasteiger partial charge >= 0.3 is 5.97 Å². The number of rotatable bonds is 4. The van der Waals surface area contributed by atoms with E-state index in [4.69, 9.17) is 4.52 Å². The summed E-state index contributed by atoms with van der Waals surface area (Å²) in [4.78, 5) is 11.3. The van der Waals surface area contributed by atoms with Crippen LogP contribution >= 0.6 is 0 Å². The van der Waals surface area contributed by atoms with Gasteiger partial charge in [0.15, 0.2) is 0 Å². The predicted molar refractivity (Wildman–Crippen MR) is 68.4 cm³/mol. The van der Waals surface area contributed by atoms with Crippen molar-refractivity contribution in [1.82, 2.24) is 9.72 Å². The second-order valence-electron chi connectivity index (χ2n) is 5.12. The molecule has 0 atom stereocenters. The molecule has 0 saturated heterocycles. The minimum atomic E-state index is -0.848. The Morgan fingerprint density at radius 3 is 2.79 bits per heavy atom. The molecule has 1 saturated carbocycles. The summed E-state index contributed by atoms with van der Waals surface area (Å²) in [6.45, 7) is 4.41. The standard InChI is InChI=1S/C14H16N2O3/c1-8-12(9(2)19-15-8)7-16-6-5-11(14(17)18)13(16)10-3-4-10/h5-6,10H,3-4,7H2,1-2H3,(H,17,18). The molecular weight excluding hydrogens is 244 g/mol. The van der Waals surface area contributed by atoms with Gasteiger partial charge in [-0.05, 0) is 32.8 Å². The van der Waals surface area contributed by atoms with Gasteiger partial charge in [-0.1, -0.05) is 5.16 Å². The van der Waals surface area contributed by atoms with E-state index in [9.17, 15) is 9.90 Å². The SMILES string of the molecule is Cc1noc(C)c1Cn1ccc(C(=O)O)c1C1CC1. The van der Waals surface area contributed by atoms with E-state index in [0.29, 0.717) is 18.0 Å². The molecule has 100 valence electrons. The summed E-state index contributed by atoms with van der Waals surface area (Å²) in [5, 5.41) is 13.2. The lowest BCUT2D eigenvalue weighted by Gasteiger charge is -2.09. The minimum absolute atomic E-state index is 0.390. The van der Waals surface area contributed by atoms with E-state index < -0.39 is 5.97 Å². The topological polar surface area (TPSA) is 68.3 Å². The van der Waals surface area contributed by atoms with Gasteiger partial charge in [0.05, 0.1) is 17.8 Å². The van der Waals surface area contributed by atoms with Crippen LogP contribution in [0.3, 0.4) is 0 Å². The summed E-state index contributed by atoms with van der Waals surface area (Å²) in [5.74, 6) is 0.339. The monoisotopic (exact) mass is 260 g/mol. The van der Waals surface area contributed by atoms with Gasteiger partial charge in [0.1, 0.15) is 5.76 Å². The van der Waals surface area contributed by atoms with Crippen LogP contribution in [-0.4, -0.2) is 20.8 Å². The molecule has 1 N–H and O–H groups in total. The fraction of sp³-hybridized carbons (Fsp3) is 0.429. The van der Waals surface area contributed by atoms with E-state index >= 15 is 0 Å². The second-order valence-corrected chi connectivity index (χ2v) is 5.12. The van der Waals surface area contributed by atoms with Crippen LogP contribution in [0.25, 0.3) is 0 Å². The Morgan fingerprint density at radius 2 is 2.26 bits per heavy atom. The quantitative estimate of drug-likeness (QED) is 0.917. The summed E-state index contributed by atoms with van der Waals surface area (Å²) in [7, 11) is 0. The molecule has 0 aliphatic heterocycles. The number of aromatic carboxylic acids is 1. The number of nitrogens with zero attached hydrogens (tertiary/aromatic N) is 2. The molecular formula is C14H16N2O3. The Kier molecular flexibility index (Phi) is 2.69. The average Bonchev–Trinajstić information content (AvgIpc) is 3.05. The molecule has 1 aliphatic rings. The van der Waals surface area contributed by atoms with Crippen molar-refractivity contribution in [3.63, 3.8) is 0 Å². The first-order chi connectivity index (χ1) is 9.08. The summed E-state index contributed by atoms with van der Waals surface area (Å²) in [6, 6.07) is 1.69. The molecule has 5 nitrogen and oxygen atoms in total. The van der Waals surface area contributed by atoms with Gasteiger partial charge in [-0.25, -0.2) is 4.79 Å². The van der Waals surface area contributed by atoms with E-state index in [2.05, 4.69) is 5.16 Å². The number of aryl methyl sites for hydroxylation is 2. The van der Waals surface area contributed by atoms with Crippen molar-refractivity contribution in [3.05, 3.63) is 40.5 Å². The maximum atomic E-state index is 11.3. The van der Waals surface area contributed by atoms with Crippen molar-refractivity contribution in [2.75, 3.05) is 0 Å². The van der Waals surface area contributed by atoms with Gasteiger partial charge < -0.3 is 14.2 Å². The molecule has 2 heterocycles. The lowest BCUT2D eigenvalue weighted by Crippen LogP contribution is -2.07. The van der Waals surface area contributed by atoms with Gasteiger partial charge in [-0.15, -0.1) is 0 Å². The summed E-state index contributed by atoms with van der Waals surface area (Å²) in [5.41, 5.74) is 3.26. The number of carboxylic acid groups (broad SMARTS) is 1. The highest BCUT2D eigenvalue weighted by molar-refractivity contribution is 5.89. The first kappa shape index (κ1) is 12.0. The van der Waals surface area contributed by atoms with Gasteiger partial charge in [-0.3, -0.25) is 0 Å². The zero-order valence-electron chi connectivity index (χ0n) is 11.0. The lowest BCUT2D eigenvalue weighted by molar-refractivity contribution is 0.0695. The summed E-state index contributed by atoms with van der Waals surface area (Å²) >= 11 is 0. The molecule has 0 amide bonds. The Balaban J connectivity index is 1.99. The zero-order chi connectivity index (χ0) is 13.6. The van der Waals surface area contributed by atoms with Gasteiger partial charge in [0.25, 0.3) is 0 Å². The number of aromatic nitrogens is 2. The van der Waals surface area contributed by atoms with Gasteiger partial charge in [0, 0.05) is 23.4 Å². The van der Waals surface area contributed by atoms with Crippen LogP contribution in [0.5, 0.6) is 0 Å². The maximum Gasteiger partial charge on any atom is 0.337 e. The molecule has 0 aromatic carbocycles. The van der Waals surface area contributed by atoms with E-state index in [1.54, 1.807) is 6.07 Å². The minimum Gasteiger partial charge on any atom is -0.478 e. The normalized spacial score (nSPS) is 14.8. The molecule has 1 aliphatic carbocycles. The average molecular weight is 260 g/mol. The van der Waals surface area contributed by atoms with E-state index in [1.165, 1.54) is 0 Å². The van der Waals surface area contributed by atoms with Crippen molar-refractivity contribution in [3.8, 4) is 0 Å². The maximum absolute atomic E-state index is 11.3. The van der Waals surface area contributed by atoms with Crippen molar-refractivity contribution >= 4 is 5.97 Å². The highest BCUT2D eigenvalue weighted by atomic mass is 16.5. The van der Waals surface area contributed by atoms with Crippen LogP contribution in [0, 0.1) is 13.8 Å². The Morgan fingerprint density at radius 1 is 1.53 bits per heavy atom. The predicted octanol–water partition coefficient (Wildman–Crippen LogP) is 2.72. The van der Waals surface area contributed by atoms with Crippen LogP contribution < -0.4 is 0 Å². The van der Waals surface area contributed by atoms with Crippen LogP contribution in [0.15, 0.2) is 16.8 Å². The smallest absolute Gasteiger partial charge is 0.337 e.